The number of thiophene rings is 1. The highest BCUT2D eigenvalue weighted by Gasteiger charge is 2.11. The first kappa shape index (κ1) is 14.5. The summed E-state index contributed by atoms with van der Waals surface area (Å²) in [6, 6.07) is 13.4. The molecular weight excluding hydrogens is 327 g/mol. The third-order valence-electron chi connectivity index (χ3n) is 3.48. The Hall–Kier alpha value is -3.06. The Morgan fingerprint density at radius 2 is 1.79 bits per heavy atom. The maximum Gasteiger partial charge on any atom is 0.265 e. The van der Waals surface area contributed by atoms with Gasteiger partial charge in [0.2, 0.25) is 0 Å². The van der Waals surface area contributed by atoms with Gasteiger partial charge in [-0.2, -0.15) is 15.0 Å². The zero-order valence-electron chi connectivity index (χ0n) is 12.3. The minimum Gasteiger partial charge on any atom is -0.321 e. The monoisotopic (exact) mass is 338 g/mol. The van der Waals surface area contributed by atoms with Crippen molar-refractivity contribution in [3.8, 4) is 5.69 Å². The molecule has 0 fully saturated rings. The molecule has 118 valence electrons. The maximum absolute atomic E-state index is 13.2. The molecule has 0 aliphatic carbocycles. The third kappa shape index (κ3) is 2.77. The topological polar surface area (TPSA) is 59.8 Å². The molecule has 0 saturated carbocycles. The average Bonchev–Trinajstić information content (AvgIpc) is 3.24. The van der Waals surface area contributed by atoms with Gasteiger partial charge < -0.3 is 5.32 Å². The molecule has 0 saturated heterocycles. The van der Waals surface area contributed by atoms with E-state index in [1.54, 1.807) is 36.7 Å². The van der Waals surface area contributed by atoms with Gasteiger partial charge in [0.1, 0.15) is 5.82 Å². The number of anilines is 1. The lowest BCUT2D eigenvalue weighted by Crippen LogP contribution is -2.10. The van der Waals surface area contributed by atoms with Gasteiger partial charge in [0.25, 0.3) is 5.91 Å². The summed E-state index contributed by atoms with van der Waals surface area (Å²) in [6.07, 6.45) is 3.19. The van der Waals surface area contributed by atoms with Gasteiger partial charge in [0.15, 0.2) is 0 Å². The van der Waals surface area contributed by atoms with Crippen molar-refractivity contribution in [3.05, 3.63) is 71.6 Å². The number of fused-ring (bicyclic) bond motifs is 1. The first-order valence-electron chi connectivity index (χ1n) is 7.16. The molecule has 5 nitrogen and oxygen atoms in total. The second kappa shape index (κ2) is 5.86. The van der Waals surface area contributed by atoms with E-state index < -0.39 is 0 Å². The van der Waals surface area contributed by atoms with E-state index >= 15 is 0 Å². The Morgan fingerprint density at radius 3 is 2.54 bits per heavy atom. The summed E-state index contributed by atoms with van der Waals surface area (Å²) in [4.78, 5) is 14.4. The van der Waals surface area contributed by atoms with Crippen LogP contribution in [0.3, 0.4) is 0 Å². The lowest BCUT2D eigenvalue weighted by Gasteiger charge is -2.05. The number of aromatic nitrogens is 3. The van der Waals surface area contributed by atoms with Gasteiger partial charge in [-0.25, -0.2) is 4.39 Å². The average molecular weight is 338 g/mol. The van der Waals surface area contributed by atoms with E-state index in [0.717, 1.165) is 15.8 Å². The van der Waals surface area contributed by atoms with Crippen LogP contribution in [-0.2, 0) is 0 Å². The van der Waals surface area contributed by atoms with Crippen LogP contribution in [0.25, 0.3) is 15.8 Å². The van der Waals surface area contributed by atoms with Gasteiger partial charge in [0.05, 0.1) is 23.0 Å². The number of amides is 1. The molecule has 2 heterocycles. The standard InChI is InChI=1S/C17H11FN4OS/c18-12-1-6-15-11(9-12)10-16(24-15)17(23)21-13-2-4-14(5-3-13)22-19-7-8-20-22/h1-10H,(H,21,23). The number of halogens is 1. The second-order valence-electron chi connectivity index (χ2n) is 5.11. The van der Waals surface area contributed by atoms with Crippen molar-refractivity contribution in [1.82, 2.24) is 15.0 Å². The number of nitrogens with one attached hydrogen (secondary N) is 1. The minimum atomic E-state index is -0.310. The van der Waals surface area contributed by atoms with Gasteiger partial charge in [-0.15, -0.1) is 11.3 Å². The van der Waals surface area contributed by atoms with E-state index in [9.17, 15) is 9.18 Å². The van der Waals surface area contributed by atoms with Crippen LogP contribution in [0, 0.1) is 5.82 Å². The van der Waals surface area contributed by atoms with E-state index in [0.29, 0.717) is 10.6 Å². The van der Waals surface area contributed by atoms with Crippen molar-refractivity contribution in [2.75, 3.05) is 5.32 Å². The summed E-state index contributed by atoms with van der Waals surface area (Å²) in [7, 11) is 0. The molecule has 0 bridgehead atoms. The van der Waals surface area contributed by atoms with E-state index in [-0.39, 0.29) is 11.7 Å². The van der Waals surface area contributed by atoms with Crippen molar-refractivity contribution >= 4 is 33.0 Å². The molecule has 1 amide bonds. The fourth-order valence-corrected chi connectivity index (χ4v) is 3.28. The molecule has 0 atom stereocenters. The van der Waals surface area contributed by atoms with Crippen LogP contribution >= 0.6 is 11.3 Å². The summed E-state index contributed by atoms with van der Waals surface area (Å²) in [6.45, 7) is 0. The van der Waals surface area contributed by atoms with Crippen LogP contribution in [0.1, 0.15) is 9.67 Å². The lowest BCUT2D eigenvalue weighted by molar-refractivity contribution is 0.103. The molecule has 7 heteroatoms. The fourth-order valence-electron chi connectivity index (χ4n) is 2.35. The summed E-state index contributed by atoms with van der Waals surface area (Å²) in [5.41, 5.74) is 1.47. The summed E-state index contributed by atoms with van der Waals surface area (Å²) in [5, 5.41) is 11.7. The Bertz CT molecular complexity index is 1010. The number of nitrogens with zero attached hydrogens (tertiary/aromatic N) is 3. The molecule has 4 rings (SSSR count). The van der Waals surface area contributed by atoms with Crippen LogP contribution in [0.5, 0.6) is 0 Å². The van der Waals surface area contributed by atoms with E-state index in [2.05, 4.69) is 15.5 Å². The molecule has 2 aromatic heterocycles. The van der Waals surface area contributed by atoms with Crippen molar-refractivity contribution in [3.63, 3.8) is 0 Å². The third-order valence-corrected chi connectivity index (χ3v) is 4.59. The number of hydrogen-bond acceptors (Lipinski definition) is 4. The summed E-state index contributed by atoms with van der Waals surface area (Å²) in [5.74, 6) is -0.531. The van der Waals surface area contributed by atoms with Crippen LogP contribution in [-0.4, -0.2) is 20.9 Å². The van der Waals surface area contributed by atoms with Gasteiger partial charge in [-0.3, -0.25) is 4.79 Å². The molecule has 0 spiro atoms. The van der Waals surface area contributed by atoms with Gasteiger partial charge in [-0.1, -0.05) is 0 Å². The van der Waals surface area contributed by atoms with E-state index in [1.165, 1.54) is 28.3 Å². The molecule has 4 aromatic rings. The highest BCUT2D eigenvalue weighted by Crippen LogP contribution is 2.27. The van der Waals surface area contributed by atoms with Crippen LogP contribution < -0.4 is 5.32 Å². The Morgan fingerprint density at radius 1 is 1.04 bits per heavy atom. The summed E-state index contributed by atoms with van der Waals surface area (Å²) < 4.78 is 14.1. The predicted octanol–water partition coefficient (Wildman–Crippen LogP) is 3.87. The van der Waals surface area contributed by atoms with Gasteiger partial charge in [-0.05, 0) is 53.9 Å². The zero-order valence-corrected chi connectivity index (χ0v) is 13.1. The van der Waals surface area contributed by atoms with Crippen LogP contribution in [0.4, 0.5) is 10.1 Å². The van der Waals surface area contributed by atoms with Crippen molar-refractivity contribution < 1.29 is 9.18 Å². The van der Waals surface area contributed by atoms with E-state index in [4.69, 9.17) is 0 Å². The summed E-state index contributed by atoms with van der Waals surface area (Å²) >= 11 is 1.33. The number of rotatable bonds is 3. The fraction of sp³-hybridized carbons (Fsp3) is 0. The highest BCUT2D eigenvalue weighted by atomic mass is 32.1. The second-order valence-corrected chi connectivity index (χ2v) is 6.20. The molecule has 2 aromatic carbocycles. The van der Waals surface area contributed by atoms with Crippen LogP contribution in [0.15, 0.2) is 60.9 Å². The number of benzene rings is 2. The molecule has 24 heavy (non-hydrogen) atoms. The first-order valence-corrected chi connectivity index (χ1v) is 7.98. The zero-order chi connectivity index (χ0) is 16.5. The van der Waals surface area contributed by atoms with Crippen LogP contribution in [0.2, 0.25) is 0 Å². The molecule has 0 unspecified atom stereocenters. The largest absolute Gasteiger partial charge is 0.321 e. The number of hydrogen-bond donors (Lipinski definition) is 1. The molecule has 0 aliphatic heterocycles. The number of carbonyl (C=O) groups is 1. The predicted molar refractivity (Wildman–Crippen MR) is 91.1 cm³/mol. The maximum atomic E-state index is 13.2. The van der Waals surface area contributed by atoms with E-state index in [1.807, 2.05) is 12.1 Å². The normalized spacial score (nSPS) is 10.9. The van der Waals surface area contributed by atoms with Crippen molar-refractivity contribution in [2.24, 2.45) is 0 Å². The lowest BCUT2D eigenvalue weighted by atomic mass is 10.2. The Labute approximate surface area is 140 Å². The van der Waals surface area contributed by atoms with Crippen molar-refractivity contribution in [1.29, 1.82) is 0 Å². The molecule has 0 aliphatic rings. The smallest absolute Gasteiger partial charge is 0.265 e. The Balaban J connectivity index is 1.54. The molecule has 1 N–H and O–H groups in total. The highest BCUT2D eigenvalue weighted by molar-refractivity contribution is 7.20. The minimum absolute atomic E-state index is 0.221. The van der Waals surface area contributed by atoms with Crippen molar-refractivity contribution in [2.45, 2.75) is 0 Å². The number of carbonyl (C=O) groups excluding carboxylic acids is 1. The quantitative estimate of drug-likeness (QED) is 0.617. The first-order chi connectivity index (χ1) is 11.7. The SMILES string of the molecule is O=C(Nc1ccc(-n2nccn2)cc1)c1cc2cc(F)ccc2s1. The Kier molecular flexibility index (Phi) is 3.55. The molecular formula is C17H11FN4OS. The molecule has 0 radical (unpaired) electrons. The van der Waals surface area contributed by atoms with Gasteiger partial charge in [0, 0.05) is 10.4 Å². The van der Waals surface area contributed by atoms with Gasteiger partial charge >= 0.3 is 0 Å².